The van der Waals surface area contributed by atoms with Crippen molar-refractivity contribution in [3.8, 4) is 0 Å². The fourth-order valence-corrected chi connectivity index (χ4v) is 3.03. The van der Waals surface area contributed by atoms with Gasteiger partial charge in [-0.3, -0.25) is 4.68 Å². The molecular formula is C16H23N3. The van der Waals surface area contributed by atoms with Gasteiger partial charge in [0.1, 0.15) is 0 Å². The molecule has 1 aromatic heterocycles. The van der Waals surface area contributed by atoms with Crippen LogP contribution in [0.25, 0.3) is 10.9 Å². The minimum atomic E-state index is 0.686. The third kappa shape index (κ3) is 2.66. The number of nitrogens with zero attached hydrogens (tertiary/aromatic N) is 2. The number of aryl methyl sites for hydroxylation is 2. The lowest BCUT2D eigenvalue weighted by atomic mass is 10.0. The highest BCUT2D eigenvalue weighted by atomic mass is 15.3. The quantitative estimate of drug-likeness (QED) is 0.862. The predicted octanol–water partition coefficient (Wildman–Crippen LogP) is 2.89. The molecule has 1 aromatic carbocycles. The van der Waals surface area contributed by atoms with Gasteiger partial charge in [0.15, 0.2) is 0 Å². The van der Waals surface area contributed by atoms with Crippen LogP contribution in [0.2, 0.25) is 0 Å². The SMILES string of the molecule is CCNC(CCc1nn(C)c2ccccc12)C1CC1. The molecule has 0 amide bonds. The van der Waals surface area contributed by atoms with E-state index in [0.717, 1.165) is 18.9 Å². The molecule has 102 valence electrons. The van der Waals surface area contributed by atoms with Crippen molar-refractivity contribution in [1.29, 1.82) is 0 Å². The van der Waals surface area contributed by atoms with E-state index in [1.165, 1.54) is 35.9 Å². The molecule has 1 unspecified atom stereocenters. The van der Waals surface area contributed by atoms with Crippen LogP contribution in [0.1, 0.15) is 31.9 Å². The first-order valence-electron chi connectivity index (χ1n) is 7.43. The third-order valence-electron chi connectivity index (χ3n) is 4.18. The molecule has 2 aromatic rings. The minimum Gasteiger partial charge on any atom is -0.314 e. The van der Waals surface area contributed by atoms with Crippen molar-refractivity contribution in [2.75, 3.05) is 6.54 Å². The summed E-state index contributed by atoms with van der Waals surface area (Å²) in [6, 6.07) is 9.21. The van der Waals surface area contributed by atoms with E-state index < -0.39 is 0 Å². The molecule has 1 atom stereocenters. The van der Waals surface area contributed by atoms with Crippen LogP contribution in [0.15, 0.2) is 24.3 Å². The van der Waals surface area contributed by atoms with E-state index in [1.54, 1.807) is 0 Å². The number of fused-ring (bicyclic) bond motifs is 1. The third-order valence-corrected chi connectivity index (χ3v) is 4.18. The second-order valence-corrected chi connectivity index (χ2v) is 5.63. The van der Waals surface area contributed by atoms with E-state index in [0.29, 0.717) is 6.04 Å². The van der Waals surface area contributed by atoms with Crippen molar-refractivity contribution in [3.05, 3.63) is 30.0 Å². The van der Waals surface area contributed by atoms with Crippen LogP contribution >= 0.6 is 0 Å². The Hall–Kier alpha value is -1.35. The van der Waals surface area contributed by atoms with Crippen molar-refractivity contribution in [2.45, 2.75) is 38.6 Å². The Bertz CT molecular complexity index is 554. The maximum absolute atomic E-state index is 4.69. The van der Waals surface area contributed by atoms with Gasteiger partial charge in [0.05, 0.1) is 11.2 Å². The van der Waals surface area contributed by atoms with Gasteiger partial charge in [-0.1, -0.05) is 25.1 Å². The molecule has 1 N–H and O–H groups in total. The molecule has 0 radical (unpaired) electrons. The van der Waals surface area contributed by atoms with Crippen LogP contribution in [-0.2, 0) is 13.5 Å². The highest BCUT2D eigenvalue weighted by molar-refractivity contribution is 5.81. The zero-order valence-corrected chi connectivity index (χ0v) is 11.9. The molecule has 1 saturated carbocycles. The van der Waals surface area contributed by atoms with Gasteiger partial charge in [-0.05, 0) is 44.2 Å². The monoisotopic (exact) mass is 257 g/mol. The number of hydrogen-bond donors (Lipinski definition) is 1. The van der Waals surface area contributed by atoms with E-state index in [-0.39, 0.29) is 0 Å². The van der Waals surface area contributed by atoms with Gasteiger partial charge in [0.2, 0.25) is 0 Å². The van der Waals surface area contributed by atoms with Gasteiger partial charge in [-0.25, -0.2) is 0 Å². The van der Waals surface area contributed by atoms with Crippen molar-refractivity contribution >= 4 is 10.9 Å². The second-order valence-electron chi connectivity index (χ2n) is 5.63. The van der Waals surface area contributed by atoms with Crippen LogP contribution in [-0.4, -0.2) is 22.4 Å². The summed E-state index contributed by atoms with van der Waals surface area (Å²) in [6.45, 7) is 3.27. The molecule has 1 fully saturated rings. The van der Waals surface area contributed by atoms with Crippen LogP contribution < -0.4 is 5.32 Å². The molecule has 0 aliphatic heterocycles. The summed E-state index contributed by atoms with van der Waals surface area (Å²) in [7, 11) is 2.04. The molecular weight excluding hydrogens is 234 g/mol. The molecule has 3 nitrogen and oxygen atoms in total. The molecule has 19 heavy (non-hydrogen) atoms. The average molecular weight is 257 g/mol. The first-order valence-corrected chi connectivity index (χ1v) is 7.43. The highest BCUT2D eigenvalue weighted by Crippen LogP contribution is 2.34. The minimum absolute atomic E-state index is 0.686. The van der Waals surface area contributed by atoms with E-state index in [1.807, 2.05) is 11.7 Å². The van der Waals surface area contributed by atoms with Crippen LogP contribution in [0, 0.1) is 5.92 Å². The number of nitrogens with one attached hydrogen (secondary N) is 1. The van der Waals surface area contributed by atoms with Crippen LogP contribution in [0.5, 0.6) is 0 Å². The van der Waals surface area contributed by atoms with Gasteiger partial charge in [0, 0.05) is 18.5 Å². The Morgan fingerprint density at radius 1 is 1.37 bits per heavy atom. The van der Waals surface area contributed by atoms with Crippen LogP contribution in [0.3, 0.4) is 0 Å². The van der Waals surface area contributed by atoms with E-state index >= 15 is 0 Å². The Morgan fingerprint density at radius 2 is 2.16 bits per heavy atom. The standard InChI is InChI=1S/C16H23N3/c1-3-17-14(12-8-9-12)10-11-15-13-6-4-5-7-16(13)19(2)18-15/h4-7,12,14,17H,3,8-11H2,1-2H3. The summed E-state index contributed by atoms with van der Waals surface area (Å²) >= 11 is 0. The smallest absolute Gasteiger partial charge is 0.0703 e. The van der Waals surface area contributed by atoms with Crippen molar-refractivity contribution in [3.63, 3.8) is 0 Å². The van der Waals surface area contributed by atoms with E-state index in [2.05, 4.69) is 36.5 Å². The van der Waals surface area contributed by atoms with Crippen molar-refractivity contribution in [1.82, 2.24) is 15.1 Å². The Labute approximate surface area is 115 Å². The van der Waals surface area contributed by atoms with Crippen molar-refractivity contribution < 1.29 is 0 Å². The number of hydrogen-bond acceptors (Lipinski definition) is 2. The summed E-state index contributed by atoms with van der Waals surface area (Å²) in [5.41, 5.74) is 2.49. The summed E-state index contributed by atoms with van der Waals surface area (Å²) in [5.74, 6) is 0.912. The topological polar surface area (TPSA) is 29.9 Å². The zero-order chi connectivity index (χ0) is 13.2. The highest BCUT2D eigenvalue weighted by Gasteiger charge is 2.30. The Balaban J connectivity index is 1.74. The first kappa shape index (κ1) is 12.7. The number of benzene rings is 1. The lowest BCUT2D eigenvalue weighted by Gasteiger charge is -2.16. The fourth-order valence-electron chi connectivity index (χ4n) is 3.03. The molecule has 1 aliphatic carbocycles. The largest absolute Gasteiger partial charge is 0.314 e. The maximum Gasteiger partial charge on any atom is 0.0703 e. The Morgan fingerprint density at radius 3 is 2.89 bits per heavy atom. The molecule has 3 rings (SSSR count). The van der Waals surface area contributed by atoms with Gasteiger partial charge < -0.3 is 5.32 Å². The Kier molecular flexibility index (Phi) is 3.56. The lowest BCUT2D eigenvalue weighted by molar-refractivity contribution is 0.444. The fraction of sp³-hybridized carbons (Fsp3) is 0.562. The number of rotatable bonds is 6. The molecule has 0 saturated heterocycles. The average Bonchev–Trinajstić information content (AvgIpc) is 3.21. The zero-order valence-electron chi connectivity index (χ0n) is 11.9. The van der Waals surface area contributed by atoms with E-state index in [9.17, 15) is 0 Å². The van der Waals surface area contributed by atoms with Gasteiger partial charge >= 0.3 is 0 Å². The molecule has 0 bridgehead atoms. The summed E-state index contributed by atoms with van der Waals surface area (Å²) in [6.07, 6.45) is 5.09. The molecule has 1 aliphatic rings. The van der Waals surface area contributed by atoms with Crippen LogP contribution in [0.4, 0.5) is 0 Å². The molecule has 3 heteroatoms. The molecule has 0 spiro atoms. The summed E-state index contributed by atoms with van der Waals surface area (Å²) in [5, 5.41) is 9.64. The first-order chi connectivity index (χ1) is 9.29. The lowest BCUT2D eigenvalue weighted by Crippen LogP contribution is -2.31. The normalized spacial score (nSPS) is 16.9. The number of aromatic nitrogens is 2. The number of para-hydroxylation sites is 1. The maximum atomic E-state index is 4.69. The van der Waals surface area contributed by atoms with Gasteiger partial charge in [-0.15, -0.1) is 0 Å². The summed E-state index contributed by atoms with van der Waals surface area (Å²) in [4.78, 5) is 0. The van der Waals surface area contributed by atoms with E-state index in [4.69, 9.17) is 5.10 Å². The molecule has 1 heterocycles. The summed E-state index contributed by atoms with van der Waals surface area (Å²) < 4.78 is 2.00. The predicted molar refractivity (Wildman–Crippen MR) is 79.2 cm³/mol. The second kappa shape index (κ2) is 5.33. The van der Waals surface area contributed by atoms with Crippen molar-refractivity contribution in [2.24, 2.45) is 13.0 Å². The van der Waals surface area contributed by atoms with Gasteiger partial charge in [-0.2, -0.15) is 5.10 Å². The van der Waals surface area contributed by atoms with Gasteiger partial charge in [0.25, 0.3) is 0 Å².